The number of primary amides is 1. The van der Waals surface area contributed by atoms with Gasteiger partial charge in [-0.05, 0) is 17.5 Å². The molecule has 0 aliphatic rings. The van der Waals surface area contributed by atoms with E-state index in [0.717, 1.165) is 11.1 Å². The summed E-state index contributed by atoms with van der Waals surface area (Å²) in [6.45, 7) is 3.57. The summed E-state index contributed by atoms with van der Waals surface area (Å²) in [5.41, 5.74) is 6.37. The largest absolute Gasteiger partial charge is 0.369 e. The number of amides is 1. The minimum Gasteiger partial charge on any atom is -0.369 e. The second-order valence-corrected chi connectivity index (χ2v) is 4.99. The SMILES string of the molecule is CC(C)(Cc1cncc(Cl)c1CCl)C(N)=O. The van der Waals surface area contributed by atoms with Crippen LogP contribution < -0.4 is 5.73 Å². The summed E-state index contributed by atoms with van der Waals surface area (Å²) in [5.74, 6) is -0.0566. The third kappa shape index (κ3) is 2.86. The normalized spacial score (nSPS) is 11.5. The Morgan fingerprint density at radius 3 is 2.62 bits per heavy atom. The first kappa shape index (κ1) is 13.3. The number of pyridine rings is 1. The zero-order valence-corrected chi connectivity index (χ0v) is 10.8. The zero-order chi connectivity index (χ0) is 12.3. The quantitative estimate of drug-likeness (QED) is 0.846. The Morgan fingerprint density at radius 2 is 2.12 bits per heavy atom. The van der Waals surface area contributed by atoms with E-state index in [1.54, 1.807) is 26.2 Å². The first-order valence-corrected chi connectivity index (χ1v) is 5.77. The van der Waals surface area contributed by atoms with E-state index in [0.29, 0.717) is 17.3 Å². The highest BCUT2D eigenvalue weighted by molar-refractivity contribution is 6.32. The Hall–Kier alpha value is -0.800. The fraction of sp³-hybridized carbons (Fsp3) is 0.455. The van der Waals surface area contributed by atoms with Gasteiger partial charge in [-0.3, -0.25) is 9.78 Å². The van der Waals surface area contributed by atoms with E-state index in [1.807, 2.05) is 0 Å². The van der Waals surface area contributed by atoms with E-state index in [2.05, 4.69) is 4.98 Å². The highest BCUT2D eigenvalue weighted by Gasteiger charge is 2.26. The number of carbonyl (C=O) groups excluding carboxylic acids is 1. The molecule has 1 heterocycles. The van der Waals surface area contributed by atoms with Crippen molar-refractivity contribution in [3.8, 4) is 0 Å². The number of hydrogen-bond acceptors (Lipinski definition) is 2. The van der Waals surface area contributed by atoms with Gasteiger partial charge in [0.1, 0.15) is 0 Å². The molecular weight excluding hydrogens is 247 g/mol. The van der Waals surface area contributed by atoms with Crippen LogP contribution in [-0.4, -0.2) is 10.9 Å². The van der Waals surface area contributed by atoms with Gasteiger partial charge in [-0.25, -0.2) is 0 Å². The zero-order valence-electron chi connectivity index (χ0n) is 9.26. The van der Waals surface area contributed by atoms with Crippen LogP contribution in [0.3, 0.4) is 0 Å². The van der Waals surface area contributed by atoms with E-state index in [9.17, 15) is 4.79 Å². The topological polar surface area (TPSA) is 56.0 Å². The van der Waals surface area contributed by atoms with Crippen molar-refractivity contribution in [2.24, 2.45) is 11.1 Å². The minimum absolute atomic E-state index is 0.297. The first-order chi connectivity index (χ1) is 7.38. The van der Waals surface area contributed by atoms with E-state index in [-0.39, 0.29) is 5.91 Å². The van der Waals surface area contributed by atoms with Crippen LogP contribution in [-0.2, 0) is 17.1 Å². The first-order valence-electron chi connectivity index (χ1n) is 4.85. The molecule has 0 fully saturated rings. The second-order valence-electron chi connectivity index (χ2n) is 4.32. The molecule has 3 nitrogen and oxygen atoms in total. The molecule has 5 heteroatoms. The van der Waals surface area contributed by atoms with Crippen molar-refractivity contribution in [2.75, 3.05) is 0 Å². The molecule has 0 aliphatic heterocycles. The van der Waals surface area contributed by atoms with Gasteiger partial charge in [-0.1, -0.05) is 25.4 Å². The van der Waals surface area contributed by atoms with Crippen molar-refractivity contribution >= 4 is 29.1 Å². The second kappa shape index (κ2) is 5.02. The van der Waals surface area contributed by atoms with Gasteiger partial charge in [0.2, 0.25) is 5.91 Å². The van der Waals surface area contributed by atoms with Crippen molar-refractivity contribution in [3.63, 3.8) is 0 Å². The molecule has 1 amide bonds. The van der Waals surface area contributed by atoms with Gasteiger partial charge in [-0.2, -0.15) is 0 Å². The van der Waals surface area contributed by atoms with E-state index in [1.165, 1.54) is 0 Å². The van der Waals surface area contributed by atoms with Gasteiger partial charge in [0, 0.05) is 23.7 Å². The van der Waals surface area contributed by atoms with Gasteiger partial charge in [0.05, 0.1) is 5.02 Å². The van der Waals surface area contributed by atoms with E-state index < -0.39 is 5.41 Å². The Kier molecular flexibility index (Phi) is 4.16. The number of hydrogen-bond donors (Lipinski definition) is 1. The summed E-state index contributed by atoms with van der Waals surface area (Å²) in [6.07, 6.45) is 3.70. The monoisotopic (exact) mass is 260 g/mol. The lowest BCUT2D eigenvalue weighted by atomic mass is 9.84. The minimum atomic E-state index is -0.632. The van der Waals surface area contributed by atoms with Crippen LogP contribution >= 0.6 is 23.2 Å². The smallest absolute Gasteiger partial charge is 0.223 e. The third-order valence-corrected chi connectivity index (χ3v) is 3.12. The average Bonchev–Trinajstić information content (AvgIpc) is 2.17. The van der Waals surface area contributed by atoms with Crippen molar-refractivity contribution in [2.45, 2.75) is 26.1 Å². The van der Waals surface area contributed by atoms with Crippen molar-refractivity contribution < 1.29 is 4.79 Å². The Morgan fingerprint density at radius 1 is 1.50 bits per heavy atom. The summed E-state index contributed by atoms with van der Waals surface area (Å²) in [5, 5.41) is 0.521. The highest BCUT2D eigenvalue weighted by Crippen LogP contribution is 2.27. The highest BCUT2D eigenvalue weighted by atomic mass is 35.5. The number of nitrogens with zero attached hydrogens (tertiary/aromatic N) is 1. The number of carbonyl (C=O) groups is 1. The molecule has 0 bridgehead atoms. The standard InChI is InChI=1S/C11H14Cl2N2O/c1-11(2,10(14)16)3-7-5-15-6-9(13)8(7)4-12/h5-6H,3-4H2,1-2H3,(H2,14,16). The molecule has 2 N–H and O–H groups in total. The molecule has 1 rings (SSSR count). The van der Waals surface area contributed by atoms with Crippen LogP contribution in [0.4, 0.5) is 0 Å². The molecular formula is C11H14Cl2N2O. The van der Waals surface area contributed by atoms with E-state index in [4.69, 9.17) is 28.9 Å². The fourth-order valence-electron chi connectivity index (χ4n) is 1.37. The van der Waals surface area contributed by atoms with Crippen molar-refractivity contribution in [3.05, 3.63) is 28.5 Å². The maximum atomic E-state index is 11.2. The summed E-state index contributed by atoms with van der Waals surface area (Å²) in [6, 6.07) is 0. The molecule has 0 unspecified atom stereocenters. The van der Waals surface area contributed by atoms with Gasteiger partial charge in [-0.15, -0.1) is 11.6 Å². The van der Waals surface area contributed by atoms with Crippen LogP contribution in [0.5, 0.6) is 0 Å². The van der Waals surface area contributed by atoms with Gasteiger partial charge >= 0.3 is 0 Å². The number of halogens is 2. The maximum Gasteiger partial charge on any atom is 0.223 e. The number of nitrogens with two attached hydrogens (primary N) is 1. The molecule has 1 aromatic rings. The van der Waals surface area contributed by atoms with Gasteiger partial charge in [0.25, 0.3) is 0 Å². The summed E-state index contributed by atoms with van der Waals surface area (Å²) in [4.78, 5) is 15.2. The molecule has 0 spiro atoms. The van der Waals surface area contributed by atoms with E-state index >= 15 is 0 Å². The lowest BCUT2D eigenvalue weighted by molar-refractivity contribution is -0.125. The average molecular weight is 261 g/mol. The van der Waals surface area contributed by atoms with Crippen molar-refractivity contribution in [1.29, 1.82) is 0 Å². The van der Waals surface area contributed by atoms with Crippen LogP contribution in [0.2, 0.25) is 5.02 Å². The predicted molar refractivity (Wildman–Crippen MR) is 65.5 cm³/mol. The van der Waals surface area contributed by atoms with Gasteiger partial charge < -0.3 is 5.73 Å². The number of rotatable bonds is 4. The molecule has 0 aliphatic carbocycles. The fourth-order valence-corrected chi connectivity index (χ4v) is 2.00. The predicted octanol–water partition coefficient (Wildman–Crippen LogP) is 2.53. The lowest BCUT2D eigenvalue weighted by Gasteiger charge is -2.21. The summed E-state index contributed by atoms with van der Waals surface area (Å²) in [7, 11) is 0. The molecule has 1 aromatic heterocycles. The van der Waals surface area contributed by atoms with Gasteiger partial charge in [0.15, 0.2) is 0 Å². The number of aromatic nitrogens is 1. The summed E-state index contributed by atoms with van der Waals surface area (Å²) >= 11 is 11.8. The number of alkyl halides is 1. The van der Waals surface area contributed by atoms with Crippen LogP contribution in [0.15, 0.2) is 12.4 Å². The molecule has 0 aromatic carbocycles. The summed E-state index contributed by atoms with van der Waals surface area (Å²) < 4.78 is 0. The van der Waals surface area contributed by atoms with Crippen LogP contribution in [0.25, 0.3) is 0 Å². The van der Waals surface area contributed by atoms with Crippen LogP contribution in [0.1, 0.15) is 25.0 Å². The Balaban J connectivity index is 3.06. The van der Waals surface area contributed by atoms with Crippen molar-refractivity contribution in [1.82, 2.24) is 4.98 Å². The third-order valence-electron chi connectivity index (χ3n) is 2.53. The van der Waals surface area contributed by atoms with Crippen LogP contribution in [0, 0.1) is 5.41 Å². The lowest BCUT2D eigenvalue weighted by Crippen LogP contribution is -2.33. The molecule has 0 radical (unpaired) electrons. The molecule has 0 saturated heterocycles. The molecule has 16 heavy (non-hydrogen) atoms. The molecule has 0 atom stereocenters. The Labute approximate surface area is 105 Å². The molecule has 88 valence electrons. The molecule has 0 saturated carbocycles. The maximum absolute atomic E-state index is 11.2. The Bertz CT molecular complexity index is 405.